The molecule has 1 saturated heterocycles. The summed E-state index contributed by atoms with van der Waals surface area (Å²) in [6.45, 7) is 7.83. The number of piperazine rings is 1. The van der Waals surface area contributed by atoms with Gasteiger partial charge in [0.15, 0.2) is 0 Å². The van der Waals surface area contributed by atoms with E-state index in [4.69, 9.17) is 0 Å². The zero-order chi connectivity index (χ0) is 11.5. The molecule has 2 atom stereocenters. The van der Waals surface area contributed by atoms with Crippen molar-refractivity contribution in [2.75, 3.05) is 13.1 Å². The van der Waals surface area contributed by atoms with Crippen LogP contribution in [0, 0.1) is 0 Å². The molecule has 0 unspecified atom stereocenters. The standard InChI is InChI=1S/C12H18IN3/c1-10-7-15(13)8-11(2)16(10)9-12-5-3-4-6-14-12/h3-6,10-11H,7-9H2,1-2H3/t10-,11+. The minimum absolute atomic E-state index is 0.600. The maximum Gasteiger partial charge on any atom is 0.0544 e. The molecular weight excluding hydrogens is 313 g/mol. The molecule has 88 valence electrons. The minimum Gasteiger partial charge on any atom is -0.290 e. The summed E-state index contributed by atoms with van der Waals surface area (Å²) in [6, 6.07) is 7.34. The lowest BCUT2D eigenvalue weighted by Gasteiger charge is -2.42. The Kier molecular flexibility index (Phi) is 4.16. The summed E-state index contributed by atoms with van der Waals surface area (Å²) in [5.41, 5.74) is 1.17. The lowest BCUT2D eigenvalue weighted by atomic mass is 10.1. The Morgan fingerprint density at radius 1 is 1.31 bits per heavy atom. The summed E-state index contributed by atoms with van der Waals surface area (Å²) in [5.74, 6) is 0. The number of rotatable bonds is 2. The van der Waals surface area contributed by atoms with Gasteiger partial charge in [-0.2, -0.15) is 0 Å². The first-order chi connectivity index (χ1) is 7.66. The van der Waals surface area contributed by atoms with E-state index in [0.29, 0.717) is 12.1 Å². The number of hydrogen-bond donors (Lipinski definition) is 0. The summed E-state index contributed by atoms with van der Waals surface area (Å²) < 4.78 is 2.38. The molecule has 0 saturated carbocycles. The van der Waals surface area contributed by atoms with Gasteiger partial charge in [0.1, 0.15) is 0 Å². The van der Waals surface area contributed by atoms with Crippen molar-refractivity contribution in [1.29, 1.82) is 0 Å². The van der Waals surface area contributed by atoms with Gasteiger partial charge >= 0.3 is 0 Å². The van der Waals surface area contributed by atoms with Crippen molar-refractivity contribution in [3.05, 3.63) is 30.1 Å². The number of halogens is 1. The van der Waals surface area contributed by atoms with Gasteiger partial charge < -0.3 is 0 Å². The SMILES string of the molecule is C[C@@H]1CN(I)C[C@H](C)N1Cc1ccccn1. The predicted molar refractivity (Wildman–Crippen MR) is 74.3 cm³/mol. The molecule has 2 rings (SSSR count). The molecule has 1 fully saturated rings. The summed E-state index contributed by atoms with van der Waals surface area (Å²) in [7, 11) is 0. The van der Waals surface area contributed by atoms with E-state index in [0.717, 1.165) is 19.6 Å². The Labute approximate surface area is 111 Å². The van der Waals surface area contributed by atoms with Crippen LogP contribution in [-0.4, -0.2) is 38.2 Å². The van der Waals surface area contributed by atoms with E-state index in [2.05, 4.69) is 61.8 Å². The Hall–Kier alpha value is -0.200. The third-order valence-corrected chi connectivity index (χ3v) is 3.92. The van der Waals surface area contributed by atoms with E-state index in [1.54, 1.807) is 0 Å². The molecule has 2 heterocycles. The third kappa shape index (κ3) is 2.93. The average Bonchev–Trinajstić information content (AvgIpc) is 2.25. The van der Waals surface area contributed by atoms with E-state index >= 15 is 0 Å². The second-order valence-electron chi connectivity index (χ2n) is 4.52. The van der Waals surface area contributed by atoms with Crippen LogP contribution >= 0.6 is 22.9 Å². The molecule has 0 aromatic carbocycles. The second-order valence-corrected chi connectivity index (χ2v) is 5.88. The molecule has 0 N–H and O–H groups in total. The van der Waals surface area contributed by atoms with Gasteiger partial charge in [-0.15, -0.1) is 0 Å². The molecule has 16 heavy (non-hydrogen) atoms. The third-order valence-electron chi connectivity index (χ3n) is 3.13. The molecule has 0 amide bonds. The highest BCUT2D eigenvalue weighted by Gasteiger charge is 2.28. The number of aromatic nitrogens is 1. The summed E-state index contributed by atoms with van der Waals surface area (Å²) in [4.78, 5) is 6.94. The van der Waals surface area contributed by atoms with Crippen molar-refractivity contribution in [2.45, 2.75) is 32.5 Å². The van der Waals surface area contributed by atoms with E-state index in [9.17, 15) is 0 Å². The number of nitrogens with zero attached hydrogens (tertiary/aromatic N) is 3. The lowest BCUT2D eigenvalue weighted by Crippen LogP contribution is -2.53. The van der Waals surface area contributed by atoms with E-state index in [-0.39, 0.29) is 0 Å². The summed E-state index contributed by atoms with van der Waals surface area (Å²) >= 11 is 2.42. The highest BCUT2D eigenvalue weighted by atomic mass is 127. The molecule has 1 aromatic heterocycles. The van der Waals surface area contributed by atoms with Crippen LogP contribution in [0.25, 0.3) is 0 Å². The van der Waals surface area contributed by atoms with Crippen molar-refractivity contribution < 1.29 is 0 Å². The van der Waals surface area contributed by atoms with E-state index in [1.165, 1.54) is 5.69 Å². The Balaban J connectivity index is 2.03. The fraction of sp³-hybridized carbons (Fsp3) is 0.583. The molecule has 1 aromatic rings. The number of hydrogen-bond acceptors (Lipinski definition) is 3. The first-order valence-electron chi connectivity index (χ1n) is 5.73. The zero-order valence-corrected chi connectivity index (χ0v) is 12.0. The molecule has 0 aliphatic carbocycles. The van der Waals surface area contributed by atoms with Crippen molar-refractivity contribution in [3.8, 4) is 0 Å². The van der Waals surface area contributed by atoms with Gasteiger partial charge in [0, 0.05) is 60.8 Å². The summed E-state index contributed by atoms with van der Waals surface area (Å²) in [5, 5.41) is 0. The normalized spacial score (nSPS) is 28.2. The molecule has 3 nitrogen and oxygen atoms in total. The van der Waals surface area contributed by atoms with Gasteiger partial charge in [-0.25, -0.2) is 3.11 Å². The van der Waals surface area contributed by atoms with Crippen LogP contribution in [0.15, 0.2) is 24.4 Å². The highest BCUT2D eigenvalue weighted by molar-refractivity contribution is 14.1. The van der Waals surface area contributed by atoms with Crippen LogP contribution in [0.4, 0.5) is 0 Å². The lowest BCUT2D eigenvalue weighted by molar-refractivity contribution is 0.0799. The molecule has 0 bridgehead atoms. The molecule has 0 radical (unpaired) electrons. The van der Waals surface area contributed by atoms with E-state index in [1.807, 2.05) is 12.3 Å². The topological polar surface area (TPSA) is 19.4 Å². The molecule has 1 aliphatic rings. The fourth-order valence-corrected chi connectivity index (χ4v) is 3.42. The van der Waals surface area contributed by atoms with Crippen LogP contribution in [0.5, 0.6) is 0 Å². The van der Waals surface area contributed by atoms with E-state index < -0.39 is 0 Å². The second kappa shape index (κ2) is 5.42. The van der Waals surface area contributed by atoms with Gasteiger partial charge in [-0.05, 0) is 26.0 Å². The fourth-order valence-electron chi connectivity index (χ4n) is 2.28. The average molecular weight is 331 g/mol. The van der Waals surface area contributed by atoms with Crippen LogP contribution in [0.2, 0.25) is 0 Å². The van der Waals surface area contributed by atoms with Gasteiger partial charge in [-0.1, -0.05) is 6.07 Å². The van der Waals surface area contributed by atoms with Gasteiger partial charge in [0.25, 0.3) is 0 Å². The molecular formula is C12H18IN3. The molecule has 4 heteroatoms. The monoisotopic (exact) mass is 331 g/mol. The van der Waals surface area contributed by atoms with Crippen LogP contribution in [0.3, 0.4) is 0 Å². The zero-order valence-electron chi connectivity index (χ0n) is 9.81. The van der Waals surface area contributed by atoms with Crippen LogP contribution in [0.1, 0.15) is 19.5 Å². The van der Waals surface area contributed by atoms with Gasteiger partial charge in [-0.3, -0.25) is 9.88 Å². The molecule has 1 aliphatic heterocycles. The first-order valence-corrected chi connectivity index (χ1v) is 6.69. The highest BCUT2D eigenvalue weighted by Crippen LogP contribution is 2.20. The van der Waals surface area contributed by atoms with Crippen molar-refractivity contribution >= 4 is 22.9 Å². The summed E-state index contributed by atoms with van der Waals surface area (Å²) in [6.07, 6.45) is 1.87. The minimum atomic E-state index is 0.600. The molecule has 0 spiro atoms. The van der Waals surface area contributed by atoms with Crippen LogP contribution < -0.4 is 0 Å². The largest absolute Gasteiger partial charge is 0.290 e. The smallest absolute Gasteiger partial charge is 0.0544 e. The van der Waals surface area contributed by atoms with Crippen LogP contribution in [-0.2, 0) is 6.54 Å². The first kappa shape index (κ1) is 12.3. The number of pyridine rings is 1. The van der Waals surface area contributed by atoms with Crippen molar-refractivity contribution in [1.82, 2.24) is 13.0 Å². The Bertz CT molecular complexity index is 318. The Morgan fingerprint density at radius 2 is 2.00 bits per heavy atom. The maximum absolute atomic E-state index is 4.40. The quantitative estimate of drug-likeness (QED) is 0.613. The maximum atomic E-state index is 4.40. The van der Waals surface area contributed by atoms with Gasteiger partial charge in [0.2, 0.25) is 0 Å². The predicted octanol–water partition coefficient (Wildman–Crippen LogP) is 2.33. The Morgan fingerprint density at radius 3 is 2.56 bits per heavy atom. The van der Waals surface area contributed by atoms with Crippen molar-refractivity contribution in [3.63, 3.8) is 0 Å². The van der Waals surface area contributed by atoms with Gasteiger partial charge in [0.05, 0.1) is 5.69 Å². The van der Waals surface area contributed by atoms with Crippen molar-refractivity contribution in [2.24, 2.45) is 0 Å².